The van der Waals surface area contributed by atoms with Crippen molar-refractivity contribution < 1.29 is 5.11 Å². The summed E-state index contributed by atoms with van der Waals surface area (Å²) in [6.07, 6.45) is 20.4. The van der Waals surface area contributed by atoms with E-state index in [1.54, 1.807) is 0 Å². The van der Waals surface area contributed by atoms with Crippen LogP contribution in [0.15, 0.2) is 12.2 Å². The zero-order chi connectivity index (χ0) is 14.9. The first-order valence-electron chi connectivity index (χ1n) is 8.70. The van der Waals surface area contributed by atoms with Crippen molar-refractivity contribution in [3.8, 4) is 0 Å². The second-order valence-electron chi connectivity index (χ2n) is 5.81. The number of halogens is 1. The quantitative estimate of drug-likeness (QED) is 0.207. The molecule has 0 spiro atoms. The van der Waals surface area contributed by atoms with Gasteiger partial charge in [-0.2, -0.15) is 0 Å². The van der Waals surface area contributed by atoms with E-state index in [-0.39, 0.29) is 6.10 Å². The molecule has 20 heavy (non-hydrogen) atoms. The molecule has 120 valence electrons. The molecule has 1 nitrogen and oxygen atoms in total. The molecule has 1 atom stereocenters. The molecular weight excluding hydrogens is 312 g/mol. The number of hydrogen-bond acceptors (Lipinski definition) is 1. The van der Waals surface area contributed by atoms with E-state index in [1.807, 2.05) is 0 Å². The van der Waals surface area contributed by atoms with Crippen LogP contribution in [-0.4, -0.2) is 16.5 Å². The van der Waals surface area contributed by atoms with E-state index < -0.39 is 0 Å². The minimum absolute atomic E-state index is 0.118. The number of allylic oxidation sites excluding steroid dienone is 1. The van der Waals surface area contributed by atoms with Crippen LogP contribution in [0.1, 0.15) is 90.4 Å². The van der Waals surface area contributed by atoms with Gasteiger partial charge in [0.05, 0.1) is 6.10 Å². The van der Waals surface area contributed by atoms with Gasteiger partial charge >= 0.3 is 0 Å². The third kappa shape index (κ3) is 16.2. The van der Waals surface area contributed by atoms with Crippen LogP contribution in [0.5, 0.6) is 0 Å². The Morgan fingerprint density at radius 1 is 0.850 bits per heavy atom. The van der Waals surface area contributed by atoms with E-state index in [0.29, 0.717) is 0 Å². The SMILES string of the molecule is CCCCCC[C@@H](O)C/C=C\CCCCCCCCBr. The topological polar surface area (TPSA) is 20.2 Å². The largest absolute Gasteiger partial charge is 0.393 e. The van der Waals surface area contributed by atoms with Gasteiger partial charge in [0.1, 0.15) is 0 Å². The van der Waals surface area contributed by atoms with Crippen molar-refractivity contribution in [1.82, 2.24) is 0 Å². The van der Waals surface area contributed by atoms with Crippen LogP contribution in [0.4, 0.5) is 0 Å². The van der Waals surface area contributed by atoms with Crippen LogP contribution in [-0.2, 0) is 0 Å². The maximum atomic E-state index is 9.82. The fraction of sp³-hybridized carbons (Fsp3) is 0.889. The summed E-state index contributed by atoms with van der Waals surface area (Å²) in [4.78, 5) is 0. The van der Waals surface area contributed by atoms with Crippen LogP contribution in [0.2, 0.25) is 0 Å². The standard InChI is InChI=1S/C18H35BrO/c1-2-3-4-12-15-18(20)16-13-10-8-6-5-7-9-11-14-17-19/h10,13,18,20H,2-9,11-12,14-17H2,1H3/b13-10-/t18-/m1/s1. The Bertz CT molecular complexity index is 204. The fourth-order valence-electron chi connectivity index (χ4n) is 2.36. The summed E-state index contributed by atoms with van der Waals surface area (Å²) in [7, 11) is 0. The van der Waals surface area contributed by atoms with Crippen molar-refractivity contribution in [1.29, 1.82) is 0 Å². The van der Waals surface area contributed by atoms with Crippen LogP contribution in [0.3, 0.4) is 0 Å². The lowest BCUT2D eigenvalue weighted by Gasteiger charge is -2.07. The van der Waals surface area contributed by atoms with E-state index in [0.717, 1.165) is 18.2 Å². The molecule has 0 aliphatic rings. The summed E-state index contributed by atoms with van der Waals surface area (Å²) < 4.78 is 0. The first-order valence-corrected chi connectivity index (χ1v) is 9.82. The van der Waals surface area contributed by atoms with E-state index in [2.05, 4.69) is 35.0 Å². The molecule has 0 aromatic heterocycles. The van der Waals surface area contributed by atoms with Gasteiger partial charge < -0.3 is 5.11 Å². The van der Waals surface area contributed by atoms with Gasteiger partial charge in [-0.15, -0.1) is 0 Å². The van der Waals surface area contributed by atoms with Crippen molar-refractivity contribution in [2.24, 2.45) is 0 Å². The number of aliphatic hydroxyl groups excluding tert-OH is 1. The van der Waals surface area contributed by atoms with Gasteiger partial charge in [-0.1, -0.05) is 86.4 Å². The Morgan fingerprint density at radius 2 is 1.50 bits per heavy atom. The maximum Gasteiger partial charge on any atom is 0.0574 e. The summed E-state index contributed by atoms with van der Waals surface area (Å²) in [5.74, 6) is 0. The highest BCUT2D eigenvalue weighted by Crippen LogP contribution is 2.10. The lowest BCUT2D eigenvalue weighted by molar-refractivity contribution is 0.163. The van der Waals surface area contributed by atoms with Gasteiger partial charge in [0, 0.05) is 5.33 Å². The predicted molar refractivity (Wildman–Crippen MR) is 94.6 cm³/mol. The predicted octanol–water partition coefficient (Wildman–Crippen LogP) is 6.39. The summed E-state index contributed by atoms with van der Waals surface area (Å²) >= 11 is 3.47. The zero-order valence-electron chi connectivity index (χ0n) is 13.5. The van der Waals surface area contributed by atoms with E-state index >= 15 is 0 Å². The van der Waals surface area contributed by atoms with Gasteiger partial charge in [0.15, 0.2) is 0 Å². The molecule has 0 saturated heterocycles. The number of hydrogen-bond donors (Lipinski definition) is 1. The molecule has 0 saturated carbocycles. The molecule has 0 aromatic rings. The molecule has 0 rings (SSSR count). The highest BCUT2D eigenvalue weighted by molar-refractivity contribution is 9.09. The molecule has 0 aliphatic carbocycles. The molecule has 0 radical (unpaired) electrons. The molecular formula is C18H35BrO. The molecule has 0 aliphatic heterocycles. The van der Waals surface area contributed by atoms with Gasteiger partial charge in [-0.05, 0) is 32.1 Å². The summed E-state index contributed by atoms with van der Waals surface area (Å²) in [5, 5.41) is 11.0. The van der Waals surface area contributed by atoms with Gasteiger partial charge in [-0.25, -0.2) is 0 Å². The van der Waals surface area contributed by atoms with E-state index in [4.69, 9.17) is 0 Å². The number of aliphatic hydroxyl groups is 1. The van der Waals surface area contributed by atoms with Gasteiger partial charge in [-0.3, -0.25) is 0 Å². The van der Waals surface area contributed by atoms with Crippen molar-refractivity contribution in [2.45, 2.75) is 96.5 Å². The normalized spacial score (nSPS) is 13.2. The monoisotopic (exact) mass is 346 g/mol. The third-order valence-electron chi connectivity index (χ3n) is 3.72. The summed E-state index contributed by atoms with van der Waals surface area (Å²) in [5.41, 5.74) is 0. The lowest BCUT2D eigenvalue weighted by atomic mass is 10.1. The molecule has 2 heteroatoms. The highest BCUT2D eigenvalue weighted by Gasteiger charge is 2.00. The average molecular weight is 347 g/mol. The number of rotatable bonds is 15. The Hall–Kier alpha value is 0.180. The summed E-state index contributed by atoms with van der Waals surface area (Å²) in [6, 6.07) is 0. The van der Waals surface area contributed by atoms with Crippen LogP contribution >= 0.6 is 15.9 Å². The van der Waals surface area contributed by atoms with Crippen LogP contribution in [0.25, 0.3) is 0 Å². The molecule has 1 N–H and O–H groups in total. The summed E-state index contributed by atoms with van der Waals surface area (Å²) in [6.45, 7) is 2.22. The first-order chi connectivity index (χ1) is 9.81. The second-order valence-corrected chi connectivity index (χ2v) is 6.60. The Labute approximate surface area is 135 Å². The fourth-order valence-corrected chi connectivity index (χ4v) is 2.76. The van der Waals surface area contributed by atoms with E-state index in [1.165, 1.54) is 70.6 Å². The molecule has 0 fully saturated rings. The number of alkyl halides is 1. The van der Waals surface area contributed by atoms with Crippen molar-refractivity contribution in [3.63, 3.8) is 0 Å². The van der Waals surface area contributed by atoms with Crippen molar-refractivity contribution in [2.75, 3.05) is 5.33 Å². The minimum Gasteiger partial charge on any atom is -0.393 e. The first kappa shape index (κ1) is 20.2. The van der Waals surface area contributed by atoms with Crippen LogP contribution in [0, 0.1) is 0 Å². The molecule has 0 bridgehead atoms. The Morgan fingerprint density at radius 3 is 2.20 bits per heavy atom. The highest BCUT2D eigenvalue weighted by atomic mass is 79.9. The molecule has 0 unspecified atom stereocenters. The van der Waals surface area contributed by atoms with Crippen molar-refractivity contribution >= 4 is 15.9 Å². The minimum atomic E-state index is -0.118. The average Bonchev–Trinajstić information content (AvgIpc) is 2.45. The molecule has 0 aromatic carbocycles. The Balaban J connectivity index is 3.21. The Kier molecular flexibility index (Phi) is 17.4. The third-order valence-corrected chi connectivity index (χ3v) is 4.28. The van der Waals surface area contributed by atoms with Crippen molar-refractivity contribution in [3.05, 3.63) is 12.2 Å². The number of unbranched alkanes of at least 4 members (excludes halogenated alkanes) is 9. The second kappa shape index (κ2) is 17.2. The van der Waals surface area contributed by atoms with Gasteiger partial charge in [0.2, 0.25) is 0 Å². The smallest absolute Gasteiger partial charge is 0.0574 e. The van der Waals surface area contributed by atoms with Crippen LogP contribution < -0.4 is 0 Å². The molecule has 0 amide bonds. The maximum absolute atomic E-state index is 9.82. The zero-order valence-corrected chi connectivity index (χ0v) is 15.0. The molecule has 0 heterocycles. The lowest BCUT2D eigenvalue weighted by Crippen LogP contribution is -2.04. The van der Waals surface area contributed by atoms with E-state index in [9.17, 15) is 5.11 Å². The van der Waals surface area contributed by atoms with Gasteiger partial charge in [0.25, 0.3) is 0 Å².